The summed E-state index contributed by atoms with van der Waals surface area (Å²) < 4.78 is 28.6. The van der Waals surface area contributed by atoms with E-state index in [1.54, 1.807) is 64.1 Å². The lowest BCUT2D eigenvalue weighted by Gasteiger charge is -2.26. The van der Waals surface area contributed by atoms with Crippen LogP contribution in [0.3, 0.4) is 0 Å². The SMILES string of the molecule is Cc1cc(-c2c(-c3cccc(C#N)c3)nc3ccc(C(=O)NC(C)C(C)(C)O)nn23)cc(C(F)F)n1. The minimum absolute atomic E-state index is 0.0504. The molecule has 36 heavy (non-hydrogen) atoms. The van der Waals surface area contributed by atoms with Crippen molar-refractivity contribution in [3.05, 3.63) is 71.2 Å². The maximum Gasteiger partial charge on any atom is 0.280 e. The molecule has 0 saturated carbocycles. The molecule has 3 heterocycles. The average Bonchev–Trinajstić information content (AvgIpc) is 3.21. The molecule has 4 rings (SSSR count). The number of rotatable bonds is 6. The first kappa shape index (κ1) is 24.9. The number of aromatic nitrogens is 4. The molecule has 0 aliphatic heterocycles. The number of aryl methyl sites for hydroxylation is 1. The summed E-state index contributed by atoms with van der Waals surface area (Å²) in [5, 5.41) is 26.7. The van der Waals surface area contributed by atoms with Crippen LogP contribution >= 0.6 is 0 Å². The fourth-order valence-corrected chi connectivity index (χ4v) is 3.64. The summed E-state index contributed by atoms with van der Waals surface area (Å²) in [5.74, 6) is -0.515. The van der Waals surface area contributed by atoms with Crippen LogP contribution in [0.15, 0.2) is 48.5 Å². The Hall–Kier alpha value is -4.23. The molecule has 1 amide bonds. The van der Waals surface area contributed by atoms with Gasteiger partial charge in [0.15, 0.2) is 5.65 Å². The lowest BCUT2D eigenvalue weighted by atomic mass is 10.0. The normalized spacial score (nSPS) is 12.5. The maximum absolute atomic E-state index is 13.6. The van der Waals surface area contributed by atoms with Crippen molar-refractivity contribution in [2.24, 2.45) is 0 Å². The maximum atomic E-state index is 13.6. The van der Waals surface area contributed by atoms with Crippen LogP contribution in [0, 0.1) is 18.3 Å². The van der Waals surface area contributed by atoms with Crippen molar-refractivity contribution in [3.8, 4) is 28.6 Å². The highest BCUT2D eigenvalue weighted by Crippen LogP contribution is 2.34. The van der Waals surface area contributed by atoms with E-state index in [9.17, 15) is 23.9 Å². The van der Waals surface area contributed by atoms with Crippen molar-refractivity contribution in [3.63, 3.8) is 0 Å². The molecule has 0 spiro atoms. The molecule has 1 atom stereocenters. The Morgan fingerprint density at radius 2 is 1.89 bits per heavy atom. The first-order chi connectivity index (χ1) is 17.0. The number of hydrogen-bond acceptors (Lipinski definition) is 6. The van der Waals surface area contributed by atoms with Crippen LogP contribution in [0.4, 0.5) is 8.78 Å². The summed E-state index contributed by atoms with van der Waals surface area (Å²) in [4.78, 5) is 21.5. The largest absolute Gasteiger partial charge is 0.388 e. The lowest BCUT2D eigenvalue weighted by Crippen LogP contribution is -2.47. The van der Waals surface area contributed by atoms with Crippen molar-refractivity contribution in [2.45, 2.75) is 45.8 Å². The van der Waals surface area contributed by atoms with Crippen LogP contribution in [-0.2, 0) is 0 Å². The Morgan fingerprint density at radius 3 is 2.56 bits per heavy atom. The van der Waals surface area contributed by atoms with E-state index in [2.05, 4.69) is 26.5 Å². The van der Waals surface area contributed by atoms with Gasteiger partial charge in [0.2, 0.25) is 0 Å². The van der Waals surface area contributed by atoms with Crippen molar-refractivity contribution in [1.29, 1.82) is 5.26 Å². The molecule has 8 nitrogen and oxygen atoms in total. The zero-order chi connectivity index (χ0) is 26.2. The number of pyridine rings is 1. The fourth-order valence-electron chi connectivity index (χ4n) is 3.64. The minimum atomic E-state index is -2.79. The molecule has 2 N–H and O–H groups in total. The summed E-state index contributed by atoms with van der Waals surface area (Å²) in [6.07, 6.45) is -2.79. The molecule has 1 unspecified atom stereocenters. The van der Waals surface area contributed by atoms with E-state index in [0.717, 1.165) is 0 Å². The van der Waals surface area contributed by atoms with Gasteiger partial charge in [0, 0.05) is 16.8 Å². The van der Waals surface area contributed by atoms with Gasteiger partial charge in [-0.2, -0.15) is 10.4 Å². The molecule has 0 aliphatic rings. The molecule has 0 saturated heterocycles. The number of carbonyl (C=O) groups excluding carboxylic acids is 1. The smallest absolute Gasteiger partial charge is 0.280 e. The summed E-state index contributed by atoms with van der Waals surface area (Å²) >= 11 is 0. The van der Waals surface area contributed by atoms with Crippen molar-refractivity contribution < 1.29 is 18.7 Å². The second-order valence-corrected chi connectivity index (χ2v) is 9.06. The van der Waals surface area contributed by atoms with Crippen molar-refractivity contribution >= 4 is 11.6 Å². The number of amides is 1. The van der Waals surface area contributed by atoms with Crippen LogP contribution < -0.4 is 5.32 Å². The average molecular weight is 491 g/mol. The number of benzene rings is 1. The Bertz CT molecular complexity index is 1500. The van der Waals surface area contributed by atoms with Gasteiger partial charge < -0.3 is 10.4 Å². The van der Waals surface area contributed by atoms with E-state index < -0.39 is 29.7 Å². The van der Waals surface area contributed by atoms with Gasteiger partial charge in [0.25, 0.3) is 12.3 Å². The quantitative estimate of drug-likeness (QED) is 0.412. The number of halogens is 2. The van der Waals surface area contributed by atoms with E-state index in [1.807, 2.05) is 0 Å². The molecule has 4 aromatic rings. The Kier molecular flexibility index (Phi) is 6.52. The predicted molar refractivity (Wildman–Crippen MR) is 129 cm³/mol. The number of fused-ring (bicyclic) bond motifs is 1. The molecule has 184 valence electrons. The predicted octanol–water partition coefficient (Wildman–Crippen LogP) is 4.47. The van der Waals surface area contributed by atoms with Gasteiger partial charge in [-0.3, -0.25) is 9.78 Å². The first-order valence-corrected chi connectivity index (χ1v) is 11.2. The van der Waals surface area contributed by atoms with E-state index >= 15 is 0 Å². The molecule has 3 aromatic heterocycles. The van der Waals surface area contributed by atoms with Gasteiger partial charge in [0.05, 0.1) is 29.0 Å². The standard InChI is InChI=1S/C26H24F2N6O2/c1-14-10-18(12-20(30-14)24(27)28)23-22(17-7-5-6-16(11-17)13-29)32-21-9-8-19(33-34(21)23)25(35)31-15(2)26(3,4)36/h5-12,15,24,36H,1-4H3,(H,31,35). The molecule has 1 aromatic carbocycles. The van der Waals surface area contributed by atoms with Crippen molar-refractivity contribution in [1.82, 2.24) is 24.9 Å². The molecule has 10 heteroatoms. The number of nitriles is 1. The number of nitrogens with zero attached hydrogens (tertiary/aromatic N) is 5. The highest BCUT2D eigenvalue weighted by atomic mass is 19.3. The lowest BCUT2D eigenvalue weighted by molar-refractivity contribution is 0.0407. The van der Waals surface area contributed by atoms with Crippen LogP contribution in [0.5, 0.6) is 0 Å². The third kappa shape index (κ3) is 4.92. The monoisotopic (exact) mass is 490 g/mol. The number of aliphatic hydroxyl groups is 1. The second kappa shape index (κ2) is 9.43. The first-order valence-electron chi connectivity index (χ1n) is 11.2. The van der Waals surface area contributed by atoms with Crippen LogP contribution in [-0.4, -0.2) is 42.2 Å². The molecule has 0 bridgehead atoms. The van der Waals surface area contributed by atoms with Gasteiger partial charge in [-0.15, -0.1) is 0 Å². The molecule has 0 aliphatic carbocycles. The molecule has 0 radical (unpaired) electrons. The molecular formula is C26H24F2N6O2. The van der Waals surface area contributed by atoms with E-state index in [-0.39, 0.29) is 5.69 Å². The number of imidazole rings is 1. The van der Waals surface area contributed by atoms with Gasteiger partial charge >= 0.3 is 0 Å². The number of alkyl halides is 2. The van der Waals surface area contributed by atoms with E-state index in [0.29, 0.717) is 39.4 Å². The summed E-state index contributed by atoms with van der Waals surface area (Å²) in [6, 6.07) is 14.3. The Morgan fingerprint density at radius 1 is 1.14 bits per heavy atom. The Labute approximate surface area is 206 Å². The molecular weight excluding hydrogens is 466 g/mol. The highest BCUT2D eigenvalue weighted by molar-refractivity contribution is 5.93. The van der Waals surface area contributed by atoms with Crippen molar-refractivity contribution in [2.75, 3.05) is 0 Å². The summed E-state index contributed by atoms with van der Waals surface area (Å²) in [7, 11) is 0. The minimum Gasteiger partial charge on any atom is -0.388 e. The second-order valence-electron chi connectivity index (χ2n) is 9.06. The highest BCUT2D eigenvalue weighted by Gasteiger charge is 2.26. The fraction of sp³-hybridized carbons (Fsp3) is 0.269. The number of carbonyl (C=O) groups is 1. The zero-order valence-corrected chi connectivity index (χ0v) is 20.1. The van der Waals surface area contributed by atoms with E-state index in [1.165, 1.54) is 16.6 Å². The Balaban J connectivity index is 1.94. The molecule has 0 fully saturated rings. The topological polar surface area (TPSA) is 116 Å². The van der Waals surface area contributed by atoms with Crippen LogP contribution in [0.25, 0.3) is 28.2 Å². The number of hydrogen-bond donors (Lipinski definition) is 2. The third-order valence-electron chi connectivity index (χ3n) is 5.85. The van der Waals surface area contributed by atoms with E-state index in [4.69, 9.17) is 0 Å². The van der Waals surface area contributed by atoms with Gasteiger partial charge in [-0.05, 0) is 64.1 Å². The van der Waals surface area contributed by atoms with Gasteiger partial charge in [-0.1, -0.05) is 12.1 Å². The summed E-state index contributed by atoms with van der Waals surface area (Å²) in [5.41, 5.74) is 1.42. The third-order valence-corrected chi connectivity index (χ3v) is 5.85. The number of nitrogens with one attached hydrogen (secondary N) is 1. The van der Waals surface area contributed by atoms with Crippen LogP contribution in [0.1, 0.15) is 54.6 Å². The van der Waals surface area contributed by atoms with Crippen LogP contribution in [0.2, 0.25) is 0 Å². The van der Waals surface area contributed by atoms with Gasteiger partial charge in [0.1, 0.15) is 17.1 Å². The zero-order valence-electron chi connectivity index (χ0n) is 20.1. The van der Waals surface area contributed by atoms with Gasteiger partial charge in [-0.25, -0.2) is 18.3 Å². The summed E-state index contributed by atoms with van der Waals surface area (Å²) in [6.45, 7) is 6.44.